The molecule has 0 saturated heterocycles. The largest absolute Gasteiger partial charge is 0.502 e. The van der Waals surface area contributed by atoms with E-state index in [1.807, 2.05) is 0 Å². The van der Waals surface area contributed by atoms with Crippen LogP contribution in [0.1, 0.15) is 11.1 Å². The average molecular weight is 300 g/mol. The van der Waals surface area contributed by atoms with Gasteiger partial charge in [0, 0.05) is 11.8 Å². The molecule has 0 unspecified atom stereocenters. The van der Waals surface area contributed by atoms with Crippen LogP contribution in [0.25, 0.3) is 11.6 Å². The van der Waals surface area contributed by atoms with E-state index in [0.717, 1.165) is 12.1 Å². The molecule has 0 aliphatic carbocycles. The van der Waals surface area contributed by atoms with Crippen molar-refractivity contribution in [2.75, 3.05) is 5.73 Å². The first-order chi connectivity index (χ1) is 10.4. The van der Waals surface area contributed by atoms with Crippen LogP contribution in [0.4, 0.5) is 11.4 Å². The van der Waals surface area contributed by atoms with Crippen LogP contribution in [0, 0.1) is 10.1 Å². The number of aliphatic carboxylic acids is 1. The first kappa shape index (κ1) is 15.0. The van der Waals surface area contributed by atoms with E-state index in [2.05, 4.69) is 0 Å². The SMILES string of the molecule is Nc1ccc(/C(=C/c2ccc(O)c([N+](=O)[O-])c2)C(=O)O)cc1. The third kappa shape index (κ3) is 3.21. The Morgan fingerprint density at radius 1 is 1.18 bits per heavy atom. The molecule has 0 aliphatic rings. The van der Waals surface area contributed by atoms with E-state index in [-0.39, 0.29) is 5.57 Å². The van der Waals surface area contributed by atoms with Gasteiger partial charge in [0.15, 0.2) is 5.75 Å². The first-order valence-corrected chi connectivity index (χ1v) is 6.17. The Morgan fingerprint density at radius 2 is 1.82 bits per heavy atom. The van der Waals surface area contributed by atoms with Gasteiger partial charge in [0.05, 0.1) is 10.5 Å². The Morgan fingerprint density at radius 3 is 2.36 bits per heavy atom. The normalized spacial score (nSPS) is 11.2. The maximum absolute atomic E-state index is 11.4. The van der Waals surface area contributed by atoms with Crippen molar-refractivity contribution in [3.63, 3.8) is 0 Å². The van der Waals surface area contributed by atoms with E-state index in [1.165, 1.54) is 12.1 Å². The summed E-state index contributed by atoms with van der Waals surface area (Å²) in [7, 11) is 0. The van der Waals surface area contributed by atoms with Crippen LogP contribution in [-0.4, -0.2) is 21.1 Å². The minimum Gasteiger partial charge on any atom is -0.502 e. The van der Waals surface area contributed by atoms with Crippen molar-refractivity contribution in [1.82, 2.24) is 0 Å². The number of nitrogen functional groups attached to an aromatic ring is 1. The van der Waals surface area contributed by atoms with Gasteiger partial charge in [-0.3, -0.25) is 10.1 Å². The molecule has 0 saturated carbocycles. The van der Waals surface area contributed by atoms with Crippen LogP contribution in [0.5, 0.6) is 5.75 Å². The fraction of sp³-hybridized carbons (Fsp3) is 0. The van der Waals surface area contributed by atoms with Gasteiger partial charge in [0.25, 0.3) is 0 Å². The number of aromatic hydroxyl groups is 1. The molecule has 2 rings (SSSR count). The summed E-state index contributed by atoms with van der Waals surface area (Å²) in [6, 6.07) is 9.86. The number of benzene rings is 2. The summed E-state index contributed by atoms with van der Waals surface area (Å²) < 4.78 is 0. The minimum absolute atomic E-state index is 0.0417. The van der Waals surface area contributed by atoms with E-state index in [0.29, 0.717) is 16.8 Å². The van der Waals surface area contributed by atoms with Crippen LogP contribution in [-0.2, 0) is 4.79 Å². The van der Waals surface area contributed by atoms with Crippen LogP contribution in [0.15, 0.2) is 42.5 Å². The number of phenols is 1. The second-order valence-electron chi connectivity index (χ2n) is 4.49. The van der Waals surface area contributed by atoms with Crippen molar-refractivity contribution in [3.8, 4) is 5.75 Å². The highest BCUT2D eigenvalue weighted by atomic mass is 16.6. The molecule has 112 valence electrons. The highest BCUT2D eigenvalue weighted by Crippen LogP contribution is 2.28. The van der Waals surface area contributed by atoms with Gasteiger partial charge in [-0.05, 0) is 35.4 Å². The molecule has 0 aliphatic heterocycles. The molecule has 0 spiro atoms. The van der Waals surface area contributed by atoms with Gasteiger partial charge in [-0.15, -0.1) is 0 Å². The van der Waals surface area contributed by atoms with Gasteiger partial charge < -0.3 is 15.9 Å². The smallest absolute Gasteiger partial charge is 0.336 e. The third-order valence-corrected chi connectivity index (χ3v) is 2.96. The summed E-state index contributed by atoms with van der Waals surface area (Å²) in [5, 5.41) is 29.5. The van der Waals surface area contributed by atoms with E-state index in [1.54, 1.807) is 24.3 Å². The number of anilines is 1. The number of carboxylic acid groups (broad SMARTS) is 1. The zero-order valence-electron chi connectivity index (χ0n) is 11.3. The van der Waals surface area contributed by atoms with E-state index < -0.39 is 22.3 Å². The summed E-state index contributed by atoms with van der Waals surface area (Å²) in [5.41, 5.74) is 6.22. The molecule has 7 nitrogen and oxygen atoms in total. The van der Waals surface area contributed by atoms with Gasteiger partial charge >= 0.3 is 11.7 Å². The Labute approximate surface area is 125 Å². The van der Waals surface area contributed by atoms with Crippen LogP contribution in [0.3, 0.4) is 0 Å². The predicted molar refractivity (Wildman–Crippen MR) is 81.1 cm³/mol. The fourth-order valence-electron chi connectivity index (χ4n) is 1.87. The molecule has 0 radical (unpaired) electrons. The number of hydrogen-bond acceptors (Lipinski definition) is 5. The van der Waals surface area contributed by atoms with Gasteiger partial charge in [-0.2, -0.15) is 0 Å². The predicted octanol–water partition coefficient (Wildman–Crippen LogP) is 2.51. The molecule has 4 N–H and O–H groups in total. The van der Waals surface area contributed by atoms with Crippen molar-refractivity contribution >= 4 is 29.0 Å². The standard InChI is InChI=1S/C15H12N2O5/c16-11-4-2-10(3-5-11)12(15(19)20)7-9-1-6-14(18)13(8-9)17(21)22/h1-8,18H,16H2,(H,19,20)/b12-7-. The zero-order chi connectivity index (χ0) is 16.3. The fourth-order valence-corrected chi connectivity index (χ4v) is 1.87. The Kier molecular flexibility index (Phi) is 4.08. The Hall–Kier alpha value is -3.35. The second kappa shape index (κ2) is 5.96. The van der Waals surface area contributed by atoms with Crippen LogP contribution >= 0.6 is 0 Å². The molecule has 22 heavy (non-hydrogen) atoms. The molecule has 0 amide bonds. The van der Waals surface area contributed by atoms with Crippen molar-refractivity contribution < 1.29 is 19.9 Å². The number of hydrogen-bond donors (Lipinski definition) is 3. The molecule has 2 aromatic carbocycles. The van der Waals surface area contributed by atoms with Crippen molar-refractivity contribution in [2.45, 2.75) is 0 Å². The van der Waals surface area contributed by atoms with Crippen molar-refractivity contribution in [2.24, 2.45) is 0 Å². The number of nitro groups is 1. The summed E-state index contributed by atoms with van der Waals surface area (Å²) in [6.07, 6.45) is 1.29. The van der Waals surface area contributed by atoms with Crippen molar-refractivity contribution in [3.05, 3.63) is 63.7 Å². The summed E-state index contributed by atoms with van der Waals surface area (Å²) in [6.45, 7) is 0. The number of carboxylic acids is 1. The third-order valence-electron chi connectivity index (χ3n) is 2.96. The first-order valence-electron chi connectivity index (χ1n) is 6.17. The number of nitrogens with zero attached hydrogens (tertiary/aromatic N) is 1. The van der Waals surface area contributed by atoms with Crippen LogP contribution in [0.2, 0.25) is 0 Å². The molecule has 0 heterocycles. The molecule has 0 atom stereocenters. The molecule has 0 fully saturated rings. The highest BCUT2D eigenvalue weighted by Gasteiger charge is 2.15. The maximum atomic E-state index is 11.4. The zero-order valence-corrected chi connectivity index (χ0v) is 11.3. The molecule has 2 aromatic rings. The number of nitrogens with two attached hydrogens (primary N) is 1. The Balaban J connectivity index is 2.51. The topological polar surface area (TPSA) is 127 Å². The van der Waals surface area contributed by atoms with Gasteiger partial charge in [0.2, 0.25) is 0 Å². The van der Waals surface area contributed by atoms with E-state index in [4.69, 9.17) is 5.73 Å². The number of nitro benzene ring substituents is 1. The second-order valence-corrected chi connectivity index (χ2v) is 4.49. The van der Waals surface area contributed by atoms with Gasteiger partial charge in [0.1, 0.15) is 0 Å². The maximum Gasteiger partial charge on any atom is 0.336 e. The lowest BCUT2D eigenvalue weighted by molar-refractivity contribution is -0.385. The van der Waals surface area contributed by atoms with Crippen LogP contribution < -0.4 is 5.73 Å². The Bertz CT molecular complexity index is 766. The average Bonchev–Trinajstić information content (AvgIpc) is 2.47. The summed E-state index contributed by atoms with van der Waals surface area (Å²) >= 11 is 0. The summed E-state index contributed by atoms with van der Waals surface area (Å²) in [5.74, 6) is -1.66. The van der Waals surface area contributed by atoms with Gasteiger partial charge in [-0.1, -0.05) is 18.2 Å². The quantitative estimate of drug-likeness (QED) is 0.262. The minimum atomic E-state index is -1.18. The molecular formula is C15H12N2O5. The summed E-state index contributed by atoms with van der Waals surface area (Å²) in [4.78, 5) is 21.4. The molecule has 0 bridgehead atoms. The highest BCUT2D eigenvalue weighted by molar-refractivity contribution is 6.20. The number of rotatable bonds is 4. The lowest BCUT2D eigenvalue weighted by atomic mass is 10.0. The van der Waals surface area contributed by atoms with E-state index >= 15 is 0 Å². The lowest BCUT2D eigenvalue weighted by Gasteiger charge is -2.04. The van der Waals surface area contributed by atoms with Gasteiger partial charge in [-0.25, -0.2) is 4.79 Å². The lowest BCUT2D eigenvalue weighted by Crippen LogP contribution is -2.00. The molecular weight excluding hydrogens is 288 g/mol. The molecule has 0 aromatic heterocycles. The molecule has 7 heteroatoms. The monoisotopic (exact) mass is 300 g/mol. The number of phenolic OH excluding ortho intramolecular Hbond substituents is 1. The van der Waals surface area contributed by atoms with E-state index in [9.17, 15) is 25.1 Å². The number of carbonyl (C=O) groups is 1. The van der Waals surface area contributed by atoms with Crippen molar-refractivity contribution in [1.29, 1.82) is 0 Å².